The molecule has 0 atom stereocenters. The van der Waals surface area contributed by atoms with Crippen molar-refractivity contribution in [3.63, 3.8) is 0 Å². The van der Waals surface area contributed by atoms with Gasteiger partial charge in [-0.2, -0.15) is 0 Å². The van der Waals surface area contributed by atoms with E-state index in [1.165, 1.54) is 14.2 Å². The Morgan fingerprint density at radius 1 is 1.27 bits per heavy atom. The van der Waals surface area contributed by atoms with Crippen molar-refractivity contribution in [1.29, 1.82) is 0 Å². The van der Waals surface area contributed by atoms with Crippen molar-refractivity contribution < 1.29 is 14.6 Å². The van der Waals surface area contributed by atoms with Crippen molar-refractivity contribution in [2.45, 2.75) is 19.8 Å². The van der Waals surface area contributed by atoms with Crippen LogP contribution in [-0.4, -0.2) is 19.3 Å². The number of halogens is 1. The number of rotatable bonds is 3. The highest BCUT2D eigenvalue weighted by Crippen LogP contribution is 2.45. The summed E-state index contributed by atoms with van der Waals surface area (Å²) in [7, 11) is 3.08. The zero-order valence-corrected chi connectivity index (χ0v) is 10.1. The van der Waals surface area contributed by atoms with Gasteiger partial charge in [-0.05, 0) is 5.92 Å². The van der Waals surface area contributed by atoms with Gasteiger partial charge in [0.25, 0.3) is 0 Å². The maximum atomic E-state index is 9.83. The van der Waals surface area contributed by atoms with Crippen molar-refractivity contribution in [2.75, 3.05) is 14.2 Å². The summed E-state index contributed by atoms with van der Waals surface area (Å²) in [4.78, 5) is 0. The van der Waals surface area contributed by atoms with Crippen molar-refractivity contribution in [2.24, 2.45) is 0 Å². The average molecular weight is 231 g/mol. The second-order valence-corrected chi connectivity index (χ2v) is 3.92. The standard InChI is InChI=1S/C11H15ClO3/c1-6(2)9-10(13)7(12)5-8(14-3)11(9)15-4/h5-6,13H,1-4H3. The fourth-order valence-corrected chi connectivity index (χ4v) is 1.72. The Labute approximate surface area is 94.6 Å². The van der Waals surface area contributed by atoms with Gasteiger partial charge in [-0.25, -0.2) is 0 Å². The number of hydrogen-bond donors (Lipinski definition) is 1. The van der Waals surface area contributed by atoms with Crippen LogP contribution in [0.5, 0.6) is 17.2 Å². The molecule has 15 heavy (non-hydrogen) atoms. The molecule has 0 saturated carbocycles. The van der Waals surface area contributed by atoms with Gasteiger partial charge in [-0.1, -0.05) is 25.4 Å². The maximum absolute atomic E-state index is 9.83. The predicted molar refractivity (Wildman–Crippen MR) is 60.3 cm³/mol. The van der Waals surface area contributed by atoms with Crippen molar-refractivity contribution in [3.8, 4) is 17.2 Å². The summed E-state index contributed by atoms with van der Waals surface area (Å²) in [5.41, 5.74) is 0.668. The molecule has 0 aromatic heterocycles. The molecule has 0 unspecified atom stereocenters. The summed E-state index contributed by atoms with van der Waals surface area (Å²) in [6, 6.07) is 1.54. The zero-order chi connectivity index (χ0) is 11.6. The van der Waals surface area contributed by atoms with Gasteiger partial charge in [0, 0.05) is 11.6 Å². The Kier molecular flexibility index (Phi) is 3.69. The number of phenolic OH excluding ortho intramolecular Hbond substituents is 1. The van der Waals surface area contributed by atoms with E-state index >= 15 is 0 Å². The van der Waals surface area contributed by atoms with Crippen molar-refractivity contribution in [1.82, 2.24) is 0 Å². The lowest BCUT2D eigenvalue weighted by Gasteiger charge is -2.17. The summed E-state index contributed by atoms with van der Waals surface area (Å²) in [5, 5.41) is 10.1. The number of methoxy groups -OCH3 is 2. The van der Waals surface area contributed by atoms with Crippen LogP contribution in [0, 0.1) is 0 Å². The monoisotopic (exact) mass is 230 g/mol. The van der Waals surface area contributed by atoms with Crippen LogP contribution in [0.4, 0.5) is 0 Å². The van der Waals surface area contributed by atoms with Crippen molar-refractivity contribution >= 4 is 11.6 Å². The molecule has 0 aliphatic heterocycles. The molecule has 1 N–H and O–H groups in total. The second kappa shape index (κ2) is 4.62. The van der Waals surface area contributed by atoms with Crippen LogP contribution in [0.15, 0.2) is 6.07 Å². The van der Waals surface area contributed by atoms with Gasteiger partial charge in [-0.3, -0.25) is 0 Å². The summed E-state index contributed by atoms with van der Waals surface area (Å²) in [6.07, 6.45) is 0. The van der Waals surface area contributed by atoms with E-state index in [9.17, 15) is 5.11 Å². The number of aromatic hydroxyl groups is 1. The molecule has 0 spiro atoms. The third-order valence-electron chi connectivity index (χ3n) is 2.21. The fraction of sp³-hybridized carbons (Fsp3) is 0.455. The number of phenols is 1. The van der Waals surface area contributed by atoms with Crippen LogP contribution < -0.4 is 9.47 Å². The molecular formula is C11H15ClO3. The van der Waals surface area contributed by atoms with Crippen LogP contribution in [0.1, 0.15) is 25.3 Å². The fourth-order valence-electron chi connectivity index (χ4n) is 1.52. The third kappa shape index (κ3) is 2.12. The van der Waals surface area contributed by atoms with E-state index in [4.69, 9.17) is 21.1 Å². The highest BCUT2D eigenvalue weighted by Gasteiger charge is 2.20. The third-order valence-corrected chi connectivity index (χ3v) is 2.50. The van der Waals surface area contributed by atoms with E-state index < -0.39 is 0 Å². The lowest BCUT2D eigenvalue weighted by molar-refractivity contribution is 0.345. The average Bonchev–Trinajstić information content (AvgIpc) is 2.20. The van der Waals surface area contributed by atoms with E-state index in [0.29, 0.717) is 17.1 Å². The van der Waals surface area contributed by atoms with Crippen LogP contribution in [-0.2, 0) is 0 Å². The lowest BCUT2D eigenvalue weighted by Crippen LogP contribution is -1.98. The number of benzene rings is 1. The SMILES string of the molecule is COc1cc(Cl)c(O)c(C(C)C)c1OC. The lowest BCUT2D eigenvalue weighted by atomic mass is 10.0. The molecule has 4 heteroatoms. The largest absolute Gasteiger partial charge is 0.506 e. The first-order valence-corrected chi connectivity index (χ1v) is 5.04. The van der Waals surface area contributed by atoms with Gasteiger partial charge >= 0.3 is 0 Å². The van der Waals surface area contributed by atoms with Gasteiger partial charge in [0.1, 0.15) is 5.75 Å². The Morgan fingerprint density at radius 2 is 1.87 bits per heavy atom. The van der Waals surface area contributed by atoms with Crippen LogP contribution in [0.25, 0.3) is 0 Å². The molecule has 0 bridgehead atoms. The molecule has 0 saturated heterocycles. The molecule has 0 radical (unpaired) electrons. The Hall–Kier alpha value is -1.09. The van der Waals surface area contributed by atoms with Crippen LogP contribution in [0.2, 0.25) is 5.02 Å². The van der Waals surface area contributed by atoms with Crippen LogP contribution >= 0.6 is 11.6 Å². The molecule has 0 aliphatic carbocycles. The molecule has 0 aliphatic rings. The van der Waals surface area contributed by atoms with Gasteiger partial charge in [0.15, 0.2) is 11.5 Å². The summed E-state index contributed by atoms with van der Waals surface area (Å²) >= 11 is 5.89. The van der Waals surface area contributed by atoms with Gasteiger partial charge in [0.05, 0.1) is 19.2 Å². The number of ether oxygens (including phenoxy) is 2. The van der Waals surface area contributed by atoms with E-state index in [0.717, 1.165) is 0 Å². The summed E-state index contributed by atoms with van der Waals surface area (Å²) in [6.45, 7) is 3.90. The minimum Gasteiger partial charge on any atom is -0.506 e. The molecule has 0 fully saturated rings. The smallest absolute Gasteiger partial charge is 0.167 e. The predicted octanol–water partition coefficient (Wildman–Crippen LogP) is 3.19. The minimum absolute atomic E-state index is 0.0596. The first-order valence-electron chi connectivity index (χ1n) is 4.66. The van der Waals surface area contributed by atoms with Gasteiger partial charge in [0.2, 0.25) is 0 Å². The minimum atomic E-state index is 0.0596. The molecule has 3 nitrogen and oxygen atoms in total. The quantitative estimate of drug-likeness (QED) is 0.867. The highest BCUT2D eigenvalue weighted by molar-refractivity contribution is 6.32. The molecule has 0 amide bonds. The molecule has 1 rings (SSSR count). The molecule has 1 aromatic carbocycles. The van der Waals surface area contributed by atoms with E-state index in [-0.39, 0.29) is 16.7 Å². The maximum Gasteiger partial charge on any atom is 0.167 e. The second-order valence-electron chi connectivity index (χ2n) is 3.51. The highest BCUT2D eigenvalue weighted by atomic mass is 35.5. The van der Waals surface area contributed by atoms with E-state index in [1.807, 2.05) is 13.8 Å². The van der Waals surface area contributed by atoms with Gasteiger partial charge < -0.3 is 14.6 Å². The van der Waals surface area contributed by atoms with Gasteiger partial charge in [-0.15, -0.1) is 0 Å². The molecule has 0 heterocycles. The number of hydrogen-bond acceptors (Lipinski definition) is 3. The van der Waals surface area contributed by atoms with E-state index in [1.54, 1.807) is 6.07 Å². The normalized spacial score (nSPS) is 10.5. The van der Waals surface area contributed by atoms with Crippen molar-refractivity contribution in [3.05, 3.63) is 16.7 Å². The Morgan fingerprint density at radius 3 is 2.27 bits per heavy atom. The first-order chi connectivity index (χ1) is 7.02. The van der Waals surface area contributed by atoms with Crippen LogP contribution in [0.3, 0.4) is 0 Å². The first kappa shape index (κ1) is 12.0. The molecular weight excluding hydrogens is 216 g/mol. The summed E-state index contributed by atoms with van der Waals surface area (Å²) < 4.78 is 10.4. The molecule has 84 valence electrons. The molecule has 1 aromatic rings. The Bertz CT molecular complexity index is 361. The zero-order valence-electron chi connectivity index (χ0n) is 9.30. The van der Waals surface area contributed by atoms with E-state index in [2.05, 4.69) is 0 Å². The summed E-state index contributed by atoms with van der Waals surface area (Å²) in [5.74, 6) is 1.23. The topological polar surface area (TPSA) is 38.7 Å². The Balaban J connectivity index is 3.49.